The summed E-state index contributed by atoms with van der Waals surface area (Å²) in [4.78, 5) is 17.1. The standard InChI is InChI=1S/C20H25Cl2N5O2S/c1-30(2,29)24-16-10-23-27(12-16)19(28)26-9-7-20(14-26)6-8-25(13-20)11-15-4-3-5-17(21)18(15)22/h3-5,10,12H,1,6-9,11,13-14H2,2H3,(H,24,29). The lowest BCUT2D eigenvalue weighted by molar-refractivity contribution is 0.196. The molecule has 162 valence electrons. The summed E-state index contributed by atoms with van der Waals surface area (Å²) < 4.78 is 15.9. The molecule has 0 radical (unpaired) electrons. The van der Waals surface area contributed by atoms with E-state index in [1.54, 1.807) is 12.3 Å². The van der Waals surface area contributed by atoms with E-state index in [9.17, 15) is 9.00 Å². The average molecular weight is 470 g/mol. The second kappa shape index (κ2) is 8.07. The van der Waals surface area contributed by atoms with Gasteiger partial charge < -0.3 is 9.62 Å². The topological polar surface area (TPSA) is 70.5 Å². The molecule has 0 aliphatic carbocycles. The number of halogens is 2. The van der Waals surface area contributed by atoms with Gasteiger partial charge in [0.1, 0.15) is 0 Å². The molecule has 10 heteroatoms. The summed E-state index contributed by atoms with van der Waals surface area (Å²) in [6.07, 6.45) is 6.56. The second-order valence-corrected chi connectivity index (χ2v) is 11.4. The number of carbonyl (C=O) groups excluding carboxylic acids is 1. The fraction of sp³-hybridized carbons (Fsp3) is 0.450. The van der Waals surface area contributed by atoms with Crippen LogP contribution < -0.4 is 4.72 Å². The van der Waals surface area contributed by atoms with Crippen molar-refractivity contribution in [3.8, 4) is 0 Å². The third-order valence-electron chi connectivity index (χ3n) is 5.76. The van der Waals surface area contributed by atoms with Gasteiger partial charge in [0.05, 0.1) is 28.1 Å². The molecular weight excluding hydrogens is 445 g/mol. The molecule has 1 N–H and O–H groups in total. The summed E-state index contributed by atoms with van der Waals surface area (Å²) in [5.74, 6) is 3.56. The molecule has 1 amide bonds. The first kappa shape index (κ1) is 21.5. The van der Waals surface area contributed by atoms with Gasteiger partial charge in [0.2, 0.25) is 0 Å². The number of amides is 1. The lowest BCUT2D eigenvalue weighted by Crippen LogP contribution is -2.36. The number of rotatable bonds is 4. The number of aromatic nitrogens is 2. The van der Waals surface area contributed by atoms with Crippen molar-refractivity contribution in [1.29, 1.82) is 0 Å². The lowest BCUT2D eigenvalue weighted by atomic mass is 9.86. The highest BCUT2D eigenvalue weighted by atomic mass is 35.5. The Hall–Kier alpha value is -1.74. The van der Waals surface area contributed by atoms with Gasteiger partial charge in [-0.25, -0.2) is 9.00 Å². The number of likely N-dealkylation sites (tertiary alicyclic amines) is 2. The summed E-state index contributed by atoms with van der Waals surface area (Å²) in [6.45, 7) is 4.05. The Morgan fingerprint density at radius 2 is 2.07 bits per heavy atom. The molecule has 2 aromatic rings. The number of hydrogen-bond acceptors (Lipinski definition) is 4. The predicted octanol–water partition coefficient (Wildman–Crippen LogP) is 3.43. The van der Waals surface area contributed by atoms with Crippen molar-refractivity contribution < 1.29 is 9.00 Å². The van der Waals surface area contributed by atoms with Crippen LogP contribution in [0.15, 0.2) is 30.6 Å². The van der Waals surface area contributed by atoms with Crippen LogP contribution in [0.25, 0.3) is 0 Å². The lowest BCUT2D eigenvalue weighted by Gasteiger charge is -2.25. The number of nitrogens with zero attached hydrogens (tertiary/aromatic N) is 4. The van der Waals surface area contributed by atoms with E-state index in [-0.39, 0.29) is 11.4 Å². The third kappa shape index (κ3) is 4.61. The summed E-state index contributed by atoms with van der Waals surface area (Å²) in [6, 6.07) is 5.56. The summed E-state index contributed by atoms with van der Waals surface area (Å²) in [7, 11) is -2.42. The zero-order valence-corrected chi connectivity index (χ0v) is 19.1. The van der Waals surface area contributed by atoms with Crippen LogP contribution in [0.1, 0.15) is 18.4 Å². The molecule has 0 saturated carbocycles. The van der Waals surface area contributed by atoms with Crippen LogP contribution >= 0.6 is 23.2 Å². The summed E-state index contributed by atoms with van der Waals surface area (Å²) >= 11 is 12.5. The van der Waals surface area contributed by atoms with Crippen molar-refractivity contribution in [2.75, 3.05) is 37.2 Å². The molecule has 2 atom stereocenters. The molecule has 3 heterocycles. The van der Waals surface area contributed by atoms with Crippen LogP contribution in [0, 0.1) is 5.41 Å². The summed E-state index contributed by atoms with van der Waals surface area (Å²) in [5.41, 5.74) is 1.65. The fourth-order valence-electron chi connectivity index (χ4n) is 4.38. The van der Waals surface area contributed by atoms with Crippen molar-refractivity contribution in [3.05, 3.63) is 46.2 Å². The highest BCUT2D eigenvalue weighted by Gasteiger charge is 2.45. The molecule has 1 aromatic heterocycles. The Kier molecular flexibility index (Phi) is 5.78. The van der Waals surface area contributed by atoms with Crippen LogP contribution in [0.5, 0.6) is 0 Å². The molecule has 2 aliphatic heterocycles. The second-order valence-electron chi connectivity index (χ2n) is 8.41. The minimum atomic E-state index is -2.42. The molecular formula is C20H25Cl2N5O2S. The highest BCUT2D eigenvalue weighted by molar-refractivity contribution is 8.00. The molecule has 2 saturated heterocycles. The van der Waals surface area contributed by atoms with Gasteiger partial charge in [0.15, 0.2) is 0 Å². The van der Waals surface area contributed by atoms with Crippen LogP contribution in [0.3, 0.4) is 0 Å². The molecule has 2 fully saturated rings. The Labute approximate surface area is 187 Å². The normalized spacial score (nSPS) is 23.8. The smallest absolute Gasteiger partial charge is 0.322 e. The zero-order valence-electron chi connectivity index (χ0n) is 16.8. The molecule has 30 heavy (non-hydrogen) atoms. The largest absolute Gasteiger partial charge is 0.344 e. The first-order valence-electron chi connectivity index (χ1n) is 9.73. The van der Waals surface area contributed by atoms with Gasteiger partial charge in [-0.2, -0.15) is 9.78 Å². The molecule has 2 unspecified atom stereocenters. The van der Waals surface area contributed by atoms with Crippen molar-refractivity contribution in [2.24, 2.45) is 5.41 Å². The van der Waals surface area contributed by atoms with Gasteiger partial charge in [-0.1, -0.05) is 35.3 Å². The Morgan fingerprint density at radius 3 is 2.83 bits per heavy atom. The number of benzene rings is 1. The van der Waals surface area contributed by atoms with Crippen molar-refractivity contribution in [1.82, 2.24) is 19.6 Å². The van der Waals surface area contributed by atoms with Crippen LogP contribution in [0.2, 0.25) is 10.0 Å². The van der Waals surface area contributed by atoms with Gasteiger partial charge in [0, 0.05) is 47.6 Å². The van der Waals surface area contributed by atoms with Crippen molar-refractivity contribution in [2.45, 2.75) is 19.4 Å². The first-order chi connectivity index (χ1) is 14.1. The predicted molar refractivity (Wildman–Crippen MR) is 123 cm³/mol. The Balaban J connectivity index is 1.38. The minimum Gasteiger partial charge on any atom is -0.322 e. The van der Waals surface area contributed by atoms with Crippen LogP contribution in [-0.4, -0.2) is 68.1 Å². The molecule has 1 aromatic carbocycles. The van der Waals surface area contributed by atoms with E-state index in [0.717, 1.165) is 38.0 Å². The maximum atomic E-state index is 12.9. The van der Waals surface area contributed by atoms with E-state index in [2.05, 4.69) is 20.6 Å². The van der Waals surface area contributed by atoms with Gasteiger partial charge in [-0.05, 0) is 36.9 Å². The summed E-state index contributed by atoms with van der Waals surface area (Å²) in [5, 5.41) is 5.31. The number of carbonyl (C=O) groups is 1. The van der Waals surface area contributed by atoms with E-state index >= 15 is 0 Å². The number of anilines is 1. The number of nitrogens with one attached hydrogen (secondary N) is 1. The van der Waals surface area contributed by atoms with E-state index < -0.39 is 9.71 Å². The fourth-order valence-corrected chi connectivity index (χ4v) is 5.36. The van der Waals surface area contributed by atoms with Gasteiger partial charge in [-0.3, -0.25) is 4.90 Å². The van der Waals surface area contributed by atoms with Crippen LogP contribution in [-0.2, 0) is 16.3 Å². The average Bonchev–Trinajstić information content (AvgIpc) is 3.39. The first-order valence-corrected chi connectivity index (χ1v) is 12.6. The quantitative estimate of drug-likeness (QED) is 0.696. The maximum absolute atomic E-state index is 12.9. The SMILES string of the molecule is C=S(C)(=O)Nc1cnn(C(=O)N2CCC3(CCN(Cc4cccc(Cl)c4Cl)C3)C2)c1. The molecule has 4 rings (SSSR count). The van der Waals surface area contributed by atoms with E-state index in [1.807, 2.05) is 17.0 Å². The van der Waals surface area contributed by atoms with Crippen molar-refractivity contribution in [3.63, 3.8) is 0 Å². The van der Waals surface area contributed by atoms with Crippen LogP contribution in [0.4, 0.5) is 10.5 Å². The third-order valence-corrected chi connectivity index (χ3v) is 7.29. The molecule has 2 aliphatic rings. The monoisotopic (exact) mass is 469 g/mol. The van der Waals surface area contributed by atoms with E-state index in [0.29, 0.717) is 28.8 Å². The van der Waals surface area contributed by atoms with Gasteiger partial charge in [0.25, 0.3) is 0 Å². The highest BCUT2D eigenvalue weighted by Crippen LogP contribution is 2.40. The Morgan fingerprint density at radius 1 is 1.30 bits per heavy atom. The maximum Gasteiger partial charge on any atom is 0.344 e. The molecule has 7 nitrogen and oxygen atoms in total. The number of hydrogen-bond donors (Lipinski definition) is 1. The Bertz CT molecular complexity index is 1070. The van der Waals surface area contributed by atoms with Gasteiger partial charge >= 0.3 is 6.03 Å². The zero-order chi connectivity index (χ0) is 21.5. The van der Waals surface area contributed by atoms with Gasteiger partial charge in [-0.15, -0.1) is 0 Å². The molecule has 0 bridgehead atoms. The van der Waals surface area contributed by atoms with Crippen molar-refractivity contribution >= 4 is 50.5 Å². The van der Waals surface area contributed by atoms with E-state index in [4.69, 9.17) is 23.2 Å². The minimum absolute atomic E-state index is 0.0972. The molecule has 1 spiro atoms. The van der Waals surface area contributed by atoms with E-state index in [1.165, 1.54) is 17.1 Å².